The number of rotatable bonds is 2. The quantitative estimate of drug-likeness (QED) is 0.364. The van der Waals surface area contributed by atoms with Crippen molar-refractivity contribution >= 4 is 22.8 Å². The Bertz CT molecular complexity index is 169. The van der Waals surface area contributed by atoms with Crippen molar-refractivity contribution in [3.63, 3.8) is 0 Å². The van der Waals surface area contributed by atoms with E-state index >= 15 is 0 Å². The fourth-order valence-electron chi connectivity index (χ4n) is 0.339. The van der Waals surface area contributed by atoms with Crippen LogP contribution < -0.4 is 0 Å². The molecule has 0 aliphatic heterocycles. The van der Waals surface area contributed by atoms with Crippen LogP contribution in [0.25, 0.3) is 0 Å². The SMILES string of the molecule is CC(C)(C)COC(=O)C(=O)Cl. The van der Waals surface area contributed by atoms with Gasteiger partial charge in [0.1, 0.15) is 0 Å². The molecule has 0 saturated heterocycles. The third-order valence-electron chi connectivity index (χ3n) is 0.797. The summed E-state index contributed by atoms with van der Waals surface area (Å²) in [7, 11) is 0. The normalized spacial score (nSPS) is 10.9. The van der Waals surface area contributed by atoms with E-state index in [1.54, 1.807) is 0 Å². The lowest BCUT2D eigenvalue weighted by atomic mass is 9.99. The fraction of sp³-hybridized carbons (Fsp3) is 0.714. The molecule has 0 aromatic heterocycles. The molecule has 0 bridgehead atoms. The average Bonchev–Trinajstić information content (AvgIpc) is 1.80. The van der Waals surface area contributed by atoms with E-state index < -0.39 is 11.2 Å². The van der Waals surface area contributed by atoms with Crippen molar-refractivity contribution in [1.82, 2.24) is 0 Å². The van der Waals surface area contributed by atoms with Crippen LogP contribution in [0.15, 0.2) is 0 Å². The van der Waals surface area contributed by atoms with Gasteiger partial charge in [0.15, 0.2) is 0 Å². The van der Waals surface area contributed by atoms with Gasteiger partial charge in [0.25, 0.3) is 0 Å². The van der Waals surface area contributed by atoms with E-state index in [1.807, 2.05) is 20.8 Å². The van der Waals surface area contributed by atoms with Crippen molar-refractivity contribution < 1.29 is 14.3 Å². The Hall–Kier alpha value is -0.570. The molecule has 64 valence electrons. The Morgan fingerprint density at radius 3 is 2.09 bits per heavy atom. The fourth-order valence-corrected chi connectivity index (χ4v) is 0.393. The Labute approximate surface area is 70.7 Å². The van der Waals surface area contributed by atoms with E-state index in [0.717, 1.165) is 0 Å². The molecule has 0 unspecified atom stereocenters. The molecule has 0 amide bonds. The number of hydrogen-bond donors (Lipinski definition) is 0. The lowest BCUT2D eigenvalue weighted by Crippen LogP contribution is -2.21. The molecular formula is C7H11ClO3. The van der Waals surface area contributed by atoms with Crippen molar-refractivity contribution in [1.29, 1.82) is 0 Å². The number of ether oxygens (including phenoxy) is 1. The lowest BCUT2D eigenvalue weighted by molar-refractivity contribution is -0.152. The summed E-state index contributed by atoms with van der Waals surface area (Å²) >= 11 is 4.84. The molecule has 0 saturated carbocycles. The summed E-state index contributed by atoms with van der Waals surface area (Å²) in [5.41, 5.74) is -0.137. The maximum Gasteiger partial charge on any atom is 0.391 e. The van der Waals surface area contributed by atoms with Crippen molar-refractivity contribution in [3.05, 3.63) is 0 Å². The second kappa shape index (κ2) is 3.72. The molecule has 0 aliphatic carbocycles. The van der Waals surface area contributed by atoms with Crippen molar-refractivity contribution in [2.24, 2.45) is 5.41 Å². The molecule has 4 heteroatoms. The number of halogens is 1. The van der Waals surface area contributed by atoms with Crippen molar-refractivity contribution in [3.8, 4) is 0 Å². The molecule has 0 aliphatic rings. The highest BCUT2D eigenvalue weighted by Gasteiger charge is 2.17. The molecule has 3 nitrogen and oxygen atoms in total. The van der Waals surface area contributed by atoms with Crippen molar-refractivity contribution in [2.75, 3.05) is 6.61 Å². The van der Waals surface area contributed by atoms with Crippen molar-refractivity contribution in [2.45, 2.75) is 20.8 Å². The largest absolute Gasteiger partial charge is 0.458 e. The monoisotopic (exact) mass is 178 g/mol. The molecule has 0 aromatic rings. The van der Waals surface area contributed by atoms with Crippen LogP contribution in [-0.4, -0.2) is 17.8 Å². The van der Waals surface area contributed by atoms with Gasteiger partial charge in [-0.15, -0.1) is 0 Å². The van der Waals surface area contributed by atoms with Crippen LogP contribution in [0, 0.1) is 5.41 Å². The van der Waals surface area contributed by atoms with Gasteiger partial charge in [-0.25, -0.2) is 4.79 Å². The van der Waals surface area contributed by atoms with Gasteiger partial charge in [-0.1, -0.05) is 20.8 Å². The zero-order valence-electron chi connectivity index (χ0n) is 6.81. The summed E-state index contributed by atoms with van der Waals surface area (Å²) in [4.78, 5) is 20.6. The van der Waals surface area contributed by atoms with E-state index in [9.17, 15) is 9.59 Å². The van der Waals surface area contributed by atoms with Crippen LogP contribution in [-0.2, 0) is 14.3 Å². The minimum Gasteiger partial charge on any atom is -0.458 e. The third kappa shape index (κ3) is 5.85. The predicted octanol–water partition coefficient (Wildman–Crippen LogP) is 1.34. The van der Waals surface area contributed by atoms with E-state index in [0.29, 0.717) is 0 Å². The molecular weight excluding hydrogens is 168 g/mol. The molecule has 0 spiro atoms. The second-order valence-corrected chi connectivity index (χ2v) is 3.75. The summed E-state index contributed by atoms with van der Waals surface area (Å²) in [6.07, 6.45) is 0. The van der Waals surface area contributed by atoms with Gasteiger partial charge in [0, 0.05) is 0 Å². The molecule has 0 heterocycles. The molecule has 0 aromatic carbocycles. The highest BCUT2D eigenvalue weighted by atomic mass is 35.5. The number of carbonyl (C=O) groups excluding carboxylic acids is 2. The van der Waals surface area contributed by atoms with Crippen LogP contribution in [0.4, 0.5) is 0 Å². The minimum atomic E-state index is -1.07. The van der Waals surface area contributed by atoms with Crippen LogP contribution in [0.2, 0.25) is 0 Å². The number of hydrogen-bond acceptors (Lipinski definition) is 3. The van der Waals surface area contributed by atoms with Crippen LogP contribution >= 0.6 is 11.6 Å². The molecule has 0 atom stereocenters. The Kier molecular flexibility index (Phi) is 3.52. The topological polar surface area (TPSA) is 43.4 Å². The molecule has 0 rings (SSSR count). The summed E-state index contributed by atoms with van der Waals surface area (Å²) in [5.74, 6) is -0.985. The first kappa shape index (κ1) is 10.4. The molecule has 0 fully saturated rings. The molecule has 0 N–H and O–H groups in total. The van der Waals surface area contributed by atoms with Gasteiger partial charge >= 0.3 is 11.2 Å². The van der Waals surface area contributed by atoms with E-state index in [2.05, 4.69) is 4.74 Å². The van der Waals surface area contributed by atoms with Crippen LogP contribution in [0.5, 0.6) is 0 Å². The Balaban J connectivity index is 3.73. The zero-order chi connectivity index (χ0) is 9.07. The lowest BCUT2D eigenvalue weighted by Gasteiger charge is -2.16. The van der Waals surface area contributed by atoms with Gasteiger partial charge < -0.3 is 4.74 Å². The smallest absolute Gasteiger partial charge is 0.391 e. The summed E-state index contributed by atoms with van der Waals surface area (Å²) in [6, 6.07) is 0. The van der Waals surface area contributed by atoms with Gasteiger partial charge in [0.2, 0.25) is 0 Å². The van der Waals surface area contributed by atoms with Crippen LogP contribution in [0.3, 0.4) is 0 Å². The van der Waals surface area contributed by atoms with Gasteiger partial charge in [-0.2, -0.15) is 0 Å². The Morgan fingerprint density at radius 2 is 1.82 bits per heavy atom. The Morgan fingerprint density at radius 1 is 1.36 bits per heavy atom. The zero-order valence-corrected chi connectivity index (χ0v) is 7.57. The van der Waals surface area contributed by atoms with Gasteiger partial charge in [-0.05, 0) is 17.0 Å². The first-order chi connectivity index (χ1) is 4.83. The number of esters is 1. The first-order valence-electron chi connectivity index (χ1n) is 3.19. The summed E-state index contributed by atoms with van der Waals surface area (Å²) in [5, 5.41) is -1.07. The third-order valence-corrected chi connectivity index (χ3v) is 0.951. The minimum absolute atomic E-state index is 0.137. The molecule has 0 radical (unpaired) electrons. The average molecular weight is 179 g/mol. The maximum atomic E-state index is 10.5. The summed E-state index contributed by atoms with van der Waals surface area (Å²) in [6.45, 7) is 5.86. The van der Waals surface area contributed by atoms with E-state index in [4.69, 9.17) is 11.6 Å². The standard InChI is InChI=1S/C7H11ClO3/c1-7(2,3)4-11-6(10)5(8)9/h4H2,1-3H3. The highest BCUT2D eigenvalue weighted by Crippen LogP contribution is 2.12. The van der Waals surface area contributed by atoms with Crippen LogP contribution in [0.1, 0.15) is 20.8 Å². The maximum absolute atomic E-state index is 10.5. The summed E-state index contributed by atoms with van der Waals surface area (Å²) < 4.78 is 4.55. The van der Waals surface area contributed by atoms with E-state index in [1.165, 1.54) is 0 Å². The van der Waals surface area contributed by atoms with E-state index in [-0.39, 0.29) is 12.0 Å². The first-order valence-corrected chi connectivity index (χ1v) is 3.57. The highest BCUT2D eigenvalue weighted by molar-refractivity contribution is 6.80. The number of carbonyl (C=O) groups is 2. The van der Waals surface area contributed by atoms with Gasteiger partial charge in [-0.3, -0.25) is 4.79 Å². The predicted molar refractivity (Wildman–Crippen MR) is 41.3 cm³/mol. The second-order valence-electron chi connectivity index (χ2n) is 3.41. The molecule has 11 heavy (non-hydrogen) atoms. The van der Waals surface area contributed by atoms with Gasteiger partial charge in [0.05, 0.1) is 6.61 Å².